The Balaban J connectivity index is 2.34. The standard InChI is InChI=1S/C14H10BrClFNO2/c15-9-6-12(16)13(18-7-9)11(14(19)20)5-8-2-1-3-10(17)4-8/h1-4,6-7,11H,5H2,(H,19,20). The number of pyridine rings is 1. The van der Waals surface area contributed by atoms with Crippen molar-refractivity contribution < 1.29 is 14.3 Å². The maximum Gasteiger partial charge on any atom is 0.312 e. The fraction of sp³-hybridized carbons (Fsp3) is 0.143. The van der Waals surface area contributed by atoms with Crippen LogP contribution in [0, 0.1) is 5.82 Å². The van der Waals surface area contributed by atoms with Gasteiger partial charge >= 0.3 is 5.97 Å². The van der Waals surface area contributed by atoms with Gasteiger partial charge in [-0.15, -0.1) is 0 Å². The van der Waals surface area contributed by atoms with E-state index in [0.717, 1.165) is 0 Å². The molecule has 0 saturated carbocycles. The van der Waals surface area contributed by atoms with Gasteiger partial charge in [-0.25, -0.2) is 4.39 Å². The van der Waals surface area contributed by atoms with E-state index in [4.69, 9.17) is 11.6 Å². The fourth-order valence-electron chi connectivity index (χ4n) is 1.88. The molecule has 20 heavy (non-hydrogen) atoms. The Morgan fingerprint density at radius 3 is 2.80 bits per heavy atom. The van der Waals surface area contributed by atoms with Gasteiger partial charge in [0.25, 0.3) is 0 Å². The van der Waals surface area contributed by atoms with E-state index in [2.05, 4.69) is 20.9 Å². The molecule has 0 aliphatic rings. The first kappa shape index (κ1) is 14.9. The van der Waals surface area contributed by atoms with Gasteiger partial charge in [-0.2, -0.15) is 0 Å². The molecule has 1 heterocycles. The van der Waals surface area contributed by atoms with Crippen LogP contribution in [-0.4, -0.2) is 16.1 Å². The molecular formula is C14H10BrClFNO2. The summed E-state index contributed by atoms with van der Waals surface area (Å²) in [5.41, 5.74) is 0.852. The molecule has 3 nitrogen and oxygen atoms in total. The highest BCUT2D eigenvalue weighted by molar-refractivity contribution is 9.10. The van der Waals surface area contributed by atoms with E-state index in [-0.39, 0.29) is 17.1 Å². The minimum Gasteiger partial charge on any atom is -0.481 e. The van der Waals surface area contributed by atoms with Crippen LogP contribution in [0.4, 0.5) is 4.39 Å². The Morgan fingerprint density at radius 1 is 1.45 bits per heavy atom. The van der Waals surface area contributed by atoms with Gasteiger partial charge in [0.15, 0.2) is 0 Å². The van der Waals surface area contributed by atoms with E-state index in [9.17, 15) is 14.3 Å². The number of benzene rings is 1. The van der Waals surface area contributed by atoms with E-state index in [1.807, 2.05) is 0 Å². The molecule has 2 aromatic rings. The Labute approximate surface area is 128 Å². The number of carboxylic acids is 1. The molecule has 104 valence electrons. The lowest BCUT2D eigenvalue weighted by Gasteiger charge is -2.13. The van der Waals surface area contributed by atoms with Crippen LogP contribution in [0.15, 0.2) is 41.0 Å². The molecule has 1 aromatic heterocycles. The van der Waals surface area contributed by atoms with Crippen LogP contribution in [0.1, 0.15) is 17.2 Å². The lowest BCUT2D eigenvalue weighted by atomic mass is 9.95. The summed E-state index contributed by atoms with van der Waals surface area (Å²) in [6, 6.07) is 7.42. The van der Waals surface area contributed by atoms with Gasteiger partial charge < -0.3 is 5.11 Å². The van der Waals surface area contributed by atoms with Gasteiger partial charge in [-0.05, 0) is 46.1 Å². The topological polar surface area (TPSA) is 50.2 Å². The third-order valence-corrected chi connectivity index (χ3v) is 3.53. The maximum atomic E-state index is 13.2. The van der Waals surface area contributed by atoms with Gasteiger partial charge in [-0.3, -0.25) is 9.78 Å². The van der Waals surface area contributed by atoms with Crippen molar-refractivity contribution >= 4 is 33.5 Å². The van der Waals surface area contributed by atoms with Crippen LogP contribution in [0.5, 0.6) is 0 Å². The van der Waals surface area contributed by atoms with Gasteiger partial charge in [0, 0.05) is 10.7 Å². The van der Waals surface area contributed by atoms with Crippen molar-refractivity contribution in [3.8, 4) is 0 Å². The SMILES string of the molecule is O=C(O)C(Cc1cccc(F)c1)c1ncc(Br)cc1Cl. The lowest BCUT2D eigenvalue weighted by Crippen LogP contribution is -2.16. The monoisotopic (exact) mass is 357 g/mol. The van der Waals surface area contributed by atoms with Crippen LogP contribution in [0.2, 0.25) is 5.02 Å². The highest BCUT2D eigenvalue weighted by Crippen LogP contribution is 2.28. The molecule has 0 fully saturated rings. The van der Waals surface area contributed by atoms with E-state index < -0.39 is 17.7 Å². The summed E-state index contributed by atoms with van der Waals surface area (Å²) in [5, 5.41) is 9.61. The minimum absolute atomic E-state index is 0.126. The van der Waals surface area contributed by atoms with Crippen LogP contribution in [-0.2, 0) is 11.2 Å². The predicted octanol–water partition coefficient (Wildman–Crippen LogP) is 4.05. The maximum absolute atomic E-state index is 13.2. The van der Waals surface area contributed by atoms with Gasteiger partial charge in [0.1, 0.15) is 11.7 Å². The number of aromatic nitrogens is 1. The average Bonchev–Trinajstić information content (AvgIpc) is 2.36. The molecule has 0 amide bonds. The Hall–Kier alpha value is -1.46. The van der Waals surface area contributed by atoms with E-state index in [1.54, 1.807) is 18.2 Å². The normalized spacial score (nSPS) is 12.2. The number of hydrogen-bond acceptors (Lipinski definition) is 2. The molecule has 6 heteroatoms. The third kappa shape index (κ3) is 3.55. The molecule has 0 saturated heterocycles. The van der Waals surface area contributed by atoms with Gasteiger partial charge in [-0.1, -0.05) is 23.7 Å². The largest absolute Gasteiger partial charge is 0.481 e. The molecule has 1 aromatic carbocycles. The van der Waals surface area contributed by atoms with Crippen molar-refractivity contribution in [1.82, 2.24) is 4.98 Å². The lowest BCUT2D eigenvalue weighted by molar-refractivity contribution is -0.138. The van der Waals surface area contributed by atoms with Crippen molar-refractivity contribution in [1.29, 1.82) is 0 Å². The number of carboxylic acid groups (broad SMARTS) is 1. The molecule has 1 unspecified atom stereocenters. The predicted molar refractivity (Wildman–Crippen MR) is 77.4 cm³/mol. The van der Waals surface area contributed by atoms with Crippen LogP contribution in [0.25, 0.3) is 0 Å². The summed E-state index contributed by atoms with van der Waals surface area (Å²) >= 11 is 9.25. The highest BCUT2D eigenvalue weighted by Gasteiger charge is 2.24. The number of carbonyl (C=O) groups is 1. The van der Waals surface area contributed by atoms with Crippen molar-refractivity contribution in [2.75, 3.05) is 0 Å². The Morgan fingerprint density at radius 2 is 2.20 bits per heavy atom. The van der Waals surface area contributed by atoms with E-state index in [0.29, 0.717) is 10.0 Å². The van der Waals surface area contributed by atoms with E-state index in [1.165, 1.54) is 18.3 Å². The second kappa shape index (κ2) is 6.33. The van der Waals surface area contributed by atoms with Crippen molar-refractivity contribution in [2.24, 2.45) is 0 Å². The second-order valence-corrected chi connectivity index (χ2v) is 5.57. The molecule has 0 aliphatic heterocycles. The Bertz CT molecular complexity index is 651. The first-order chi connectivity index (χ1) is 9.47. The molecule has 1 atom stereocenters. The molecule has 0 aliphatic carbocycles. The molecular weight excluding hydrogens is 349 g/mol. The summed E-state index contributed by atoms with van der Waals surface area (Å²) in [5.74, 6) is -2.37. The molecule has 0 spiro atoms. The fourth-order valence-corrected chi connectivity index (χ4v) is 2.64. The first-order valence-electron chi connectivity index (χ1n) is 5.75. The molecule has 0 bridgehead atoms. The van der Waals surface area contributed by atoms with Crippen LogP contribution in [0.3, 0.4) is 0 Å². The van der Waals surface area contributed by atoms with Crippen LogP contribution >= 0.6 is 27.5 Å². The quantitative estimate of drug-likeness (QED) is 0.897. The summed E-state index contributed by atoms with van der Waals surface area (Å²) in [6.07, 6.45) is 1.62. The number of hydrogen-bond donors (Lipinski definition) is 1. The summed E-state index contributed by atoms with van der Waals surface area (Å²) in [4.78, 5) is 15.5. The third-order valence-electron chi connectivity index (χ3n) is 2.79. The minimum atomic E-state index is -1.05. The molecule has 1 N–H and O–H groups in total. The second-order valence-electron chi connectivity index (χ2n) is 4.25. The number of aliphatic carboxylic acids is 1. The number of halogens is 3. The van der Waals surface area contributed by atoms with Crippen LogP contribution < -0.4 is 0 Å². The van der Waals surface area contributed by atoms with Crippen molar-refractivity contribution in [2.45, 2.75) is 12.3 Å². The first-order valence-corrected chi connectivity index (χ1v) is 6.92. The zero-order valence-corrected chi connectivity index (χ0v) is 12.5. The smallest absolute Gasteiger partial charge is 0.312 e. The van der Waals surface area contributed by atoms with Gasteiger partial charge in [0.2, 0.25) is 0 Å². The molecule has 2 rings (SSSR count). The highest BCUT2D eigenvalue weighted by atomic mass is 79.9. The molecule has 0 radical (unpaired) electrons. The average molecular weight is 359 g/mol. The Kier molecular flexibility index (Phi) is 4.73. The summed E-state index contributed by atoms with van der Waals surface area (Å²) < 4.78 is 13.8. The zero-order chi connectivity index (χ0) is 14.7. The summed E-state index contributed by atoms with van der Waals surface area (Å²) in [7, 11) is 0. The van der Waals surface area contributed by atoms with Gasteiger partial charge in [0.05, 0.1) is 10.7 Å². The summed E-state index contributed by atoms with van der Waals surface area (Å²) in [6.45, 7) is 0. The zero-order valence-electron chi connectivity index (χ0n) is 10.2. The van der Waals surface area contributed by atoms with Crippen molar-refractivity contribution in [3.05, 3.63) is 63.1 Å². The number of nitrogens with zero attached hydrogens (tertiary/aromatic N) is 1. The number of rotatable bonds is 4. The van der Waals surface area contributed by atoms with E-state index >= 15 is 0 Å². The van der Waals surface area contributed by atoms with Crippen molar-refractivity contribution in [3.63, 3.8) is 0 Å².